The number of nitrogens with one attached hydrogen (secondary N) is 2. The SMILES string of the molecule is CC[C@H](C)[C@@H]([C@@H](CC(=O)N1CCCC1[C@H](OC)[C@@H](C)C(=O)NCC[C@H]1CC[C@]2(C)C3CCC4[C@H]5[C@H](C(C)C)CC[C@]5(COC(C)=O)CC[C@@]4(C)[C@]3(C)CC[C@@]2(C)C1(C)C)OC)N(C)C(=O)[C@@H](NC(=O)[C@H](C(C)C)N(C)C)C(C)C. The maximum Gasteiger partial charge on any atom is 0.302 e. The summed E-state index contributed by atoms with van der Waals surface area (Å²) >= 11 is 0. The topological polar surface area (TPSA) is 147 Å². The van der Waals surface area contributed by atoms with Crippen LogP contribution in [-0.2, 0) is 38.2 Å². The van der Waals surface area contributed by atoms with E-state index in [0.29, 0.717) is 55.2 Å². The summed E-state index contributed by atoms with van der Waals surface area (Å²) in [5.74, 6) is 2.46. The van der Waals surface area contributed by atoms with Crippen molar-refractivity contribution in [3.8, 4) is 0 Å². The van der Waals surface area contributed by atoms with Gasteiger partial charge in [0.2, 0.25) is 23.6 Å². The molecule has 2 N–H and O–H groups in total. The second kappa shape index (κ2) is 25.2. The van der Waals surface area contributed by atoms with Gasteiger partial charge in [-0.15, -0.1) is 0 Å². The molecule has 5 saturated carbocycles. The van der Waals surface area contributed by atoms with E-state index in [0.717, 1.165) is 32.1 Å². The molecule has 13 nitrogen and oxygen atoms in total. The minimum atomic E-state index is -0.751. The zero-order valence-corrected chi connectivity index (χ0v) is 54.1. The molecule has 79 heavy (non-hydrogen) atoms. The lowest BCUT2D eigenvalue weighted by Crippen LogP contribution is -2.69. The Morgan fingerprint density at radius 2 is 1.39 bits per heavy atom. The smallest absolute Gasteiger partial charge is 0.302 e. The Hall–Kier alpha value is -2.77. The van der Waals surface area contributed by atoms with Gasteiger partial charge in [0.25, 0.3) is 0 Å². The Kier molecular flexibility index (Phi) is 20.9. The summed E-state index contributed by atoms with van der Waals surface area (Å²) < 4.78 is 18.3. The molecule has 6 rings (SSSR count). The molecule has 0 spiro atoms. The van der Waals surface area contributed by atoms with Crippen LogP contribution in [0.2, 0.25) is 0 Å². The van der Waals surface area contributed by atoms with Gasteiger partial charge in [0.1, 0.15) is 6.04 Å². The minimum Gasteiger partial charge on any atom is -0.465 e. The first-order valence-electron chi connectivity index (χ1n) is 31.8. The van der Waals surface area contributed by atoms with E-state index in [1.807, 2.05) is 58.5 Å². The summed E-state index contributed by atoms with van der Waals surface area (Å²) in [7, 11) is 8.81. The van der Waals surface area contributed by atoms with Gasteiger partial charge in [-0.1, -0.05) is 110 Å². The number of methoxy groups -OCH3 is 2. The number of hydrogen-bond acceptors (Lipinski definition) is 9. The number of carbonyl (C=O) groups is 5. The largest absolute Gasteiger partial charge is 0.465 e. The molecule has 0 bridgehead atoms. The molecule has 6 aliphatic rings. The molecule has 1 heterocycles. The van der Waals surface area contributed by atoms with Crippen molar-refractivity contribution in [2.24, 2.45) is 91.7 Å². The van der Waals surface area contributed by atoms with Crippen molar-refractivity contribution < 1.29 is 38.2 Å². The molecular formula is C66H117N5O8. The van der Waals surface area contributed by atoms with E-state index in [1.54, 1.807) is 33.1 Å². The number of rotatable bonds is 23. The van der Waals surface area contributed by atoms with Crippen LogP contribution < -0.4 is 10.6 Å². The van der Waals surface area contributed by atoms with Crippen molar-refractivity contribution in [3.63, 3.8) is 0 Å². The number of esters is 1. The predicted molar refractivity (Wildman–Crippen MR) is 317 cm³/mol. The molecule has 454 valence electrons. The third-order valence-electron chi connectivity index (χ3n) is 25.2. The Bertz CT molecular complexity index is 2120. The summed E-state index contributed by atoms with van der Waals surface area (Å²) in [4.78, 5) is 74.8. The van der Waals surface area contributed by atoms with Crippen molar-refractivity contribution in [1.29, 1.82) is 0 Å². The highest BCUT2D eigenvalue weighted by Crippen LogP contribution is 2.80. The van der Waals surface area contributed by atoms with E-state index < -0.39 is 30.2 Å². The summed E-state index contributed by atoms with van der Waals surface area (Å²) in [5, 5.41) is 6.48. The molecule has 0 aromatic carbocycles. The number of amides is 4. The average molecular weight is 1110 g/mol. The molecule has 18 atom stereocenters. The van der Waals surface area contributed by atoms with Crippen molar-refractivity contribution >= 4 is 29.6 Å². The number of carbonyl (C=O) groups excluding carboxylic acids is 5. The van der Waals surface area contributed by atoms with E-state index in [1.165, 1.54) is 57.8 Å². The van der Waals surface area contributed by atoms with Gasteiger partial charge in [0.05, 0.1) is 49.3 Å². The molecule has 0 aromatic rings. The number of hydrogen-bond donors (Lipinski definition) is 2. The van der Waals surface area contributed by atoms with Crippen LogP contribution in [0.1, 0.15) is 207 Å². The fraction of sp³-hybridized carbons (Fsp3) is 0.924. The van der Waals surface area contributed by atoms with Crippen LogP contribution in [0.3, 0.4) is 0 Å². The third-order valence-corrected chi connectivity index (χ3v) is 25.2. The second-order valence-corrected chi connectivity index (χ2v) is 29.9. The quantitative estimate of drug-likeness (QED) is 0.0955. The predicted octanol–water partition coefficient (Wildman–Crippen LogP) is 11.4. The van der Waals surface area contributed by atoms with Gasteiger partial charge in [-0.05, 0) is 178 Å². The van der Waals surface area contributed by atoms with Crippen LogP contribution in [0.15, 0.2) is 0 Å². The van der Waals surface area contributed by atoms with Crippen molar-refractivity contribution in [1.82, 2.24) is 25.3 Å². The number of likely N-dealkylation sites (N-methyl/N-ethyl adjacent to an activating group) is 2. The summed E-state index contributed by atoms with van der Waals surface area (Å²) in [6.07, 6.45) is 14.5. The lowest BCUT2D eigenvalue weighted by atomic mass is 9.28. The highest BCUT2D eigenvalue weighted by atomic mass is 16.5. The van der Waals surface area contributed by atoms with Gasteiger partial charge in [0.15, 0.2) is 0 Å². The molecule has 0 radical (unpaired) electrons. The number of ether oxygens (including phenoxy) is 3. The molecule has 0 aromatic heterocycles. The molecule has 3 unspecified atom stereocenters. The first kappa shape index (κ1) is 65.4. The molecule has 13 heteroatoms. The van der Waals surface area contributed by atoms with Crippen molar-refractivity contribution in [3.05, 3.63) is 0 Å². The fourth-order valence-corrected chi connectivity index (χ4v) is 19.8. The maximum absolute atomic E-state index is 14.6. The van der Waals surface area contributed by atoms with Gasteiger partial charge in [-0.25, -0.2) is 0 Å². The van der Waals surface area contributed by atoms with Crippen molar-refractivity contribution in [2.45, 2.75) is 243 Å². The molecule has 5 aliphatic carbocycles. The first-order chi connectivity index (χ1) is 36.8. The fourth-order valence-electron chi connectivity index (χ4n) is 19.8. The van der Waals surface area contributed by atoms with E-state index >= 15 is 0 Å². The first-order valence-corrected chi connectivity index (χ1v) is 31.8. The molecule has 1 saturated heterocycles. The van der Waals surface area contributed by atoms with E-state index in [9.17, 15) is 24.0 Å². The molecule has 1 aliphatic heterocycles. The molecular weight excluding hydrogens is 991 g/mol. The van der Waals surface area contributed by atoms with Gasteiger partial charge >= 0.3 is 5.97 Å². The Labute approximate surface area is 481 Å². The number of likely N-dealkylation sites (tertiary alicyclic amines) is 1. The van der Waals surface area contributed by atoms with Crippen LogP contribution >= 0.6 is 0 Å². The van der Waals surface area contributed by atoms with Gasteiger partial charge < -0.3 is 34.6 Å². The monoisotopic (exact) mass is 1110 g/mol. The van der Waals surface area contributed by atoms with Gasteiger partial charge in [-0.3, -0.25) is 28.9 Å². The lowest BCUT2D eigenvalue weighted by molar-refractivity contribution is -0.276. The zero-order valence-electron chi connectivity index (χ0n) is 54.1. The normalized spacial score (nSPS) is 35.8. The summed E-state index contributed by atoms with van der Waals surface area (Å²) in [6.45, 7) is 38.2. The third kappa shape index (κ3) is 11.8. The maximum atomic E-state index is 14.6. The van der Waals surface area contributed by atoms with E-state index in [2.05, 4.69) is 79.9 Å². The number of nitrogens with zero attached hydrogens (tertiary/aromatic N) is 3. The Morgan fingerprint density at radius 3 is 1.96 bits per heavy atom. The van der Waals surface area contributed by atoms with E-state index in [4.69, 9.17) is 14.2 Å². The van der Waals surface area contributed by atoms with Crippen LogP contribution in [0.25, 0.3) is 0 Å². The second-order valence-electron chi connectivity index (χ2n) is 29.9. The summed E-state index contributed by atoms with van der Waals surface area (Å²) in [6, 6.07) is -1.85. The van der Waals surface area contributed by atoms with Crippen LogP contribution in [0.5, 0.6) is 0 Å². The Morgan fingerprint density at radius 1 is 0.734 bits per heavy atom. The van der Waals surface area contributed by atoms with Crippen molar-refractivity contribution in [2.75, 3.05) is 55.1 Å². The van der Waals surface area contributed by atoms with Crippen LogP contribution in [0.4, 0.5) is 0 Å². The van der Waals surface area contributed by atoms with Gasteiger partial charge in [-0.2, -0.15) is 0 Å². The Balaban J connectivity index is 1.09. The zero-order chi connectivity index (χ0) is 59.1. The van der Waals surface area contributed by atoms with Gasteiger partial charge in [0, 0.05) is 46.7 Å². The lowest BCUT2D eigenvalue weighted by Gasteiger charge is -2.76. The highest BCUT2D eigenvalue weighted by molar-refractivity contribution is 5.90. The van der Waals surface area contributed by atoms with Crippen LogP contribution in [0, 0.1) is 91.7 Å². The highest BCUT2D eigenvalue weighted by Gasteiger charge is 2.73. The van der Waals surface area contributed by atoms with E-state index in [-0.39, 0.29) is 98.3 Å². The minimum absolute atomic E-state index is 0.00548. The summed E-state index contributed by atoms with van der Waals surface area (Å²) in [5.41, 5.74) is 1.03. The molecule has 4 amide bonds. The number of fused-ring (bicyclic) bond motifs is 7. The molecule has 6 fully saturated rings. The average Bonchev–Trinajstić information content (AvgIpc) is 3.65. The standard InChI is InChI=1S/C66H117N5O8/c1-22-43(8)56(70(19)60(76)54(41(4)5)68-59(75)55(42(6)7)69(17)18)50(77-20)38-52(73)71-37-23-24-49(71)57(78-21)44(9)58(74)67-36-29-46-27-30-64(15)51-26-25-48-53-47(40(2)3)28-31-66(53,39-79-45(10)72)35-33-62(48,13)63(51,14)32-34-65(64,16)61(46,11)12/h40-44,46-51,53-57H,22-39H2,1-21H3,(H,67,74)(H,68,75)/t43-,44+,46+,47-,48?,49?,50+,51?,53+,54-,55-,56-,57+,62+,63+,64+,65-,66+/m0/s1. The van der Waals surface area contributed by atoms with Crippen LogP contribution in [-0.4, -0.2) is 136 Å².